The number of pyridine rings is 1. The molecule has 0 radical (unpaired) electrons. The molecule has 3 heteroatoms. The fraction of sp³-hybridized carbons (Fsp3) is 0.0833. The first kappa shape index (κ1) is 10.4. The summed E-state index contributed by atoms with van der Waals surface area (Å²) in [7, 11) is 0. The summed E-state index contributed by atoms with van der Waals surface area (Å²) in [6.07, 6.45) is 2.56. The number of aromatic nitrogens is 1. The smallest absolute Gasteiger partial charge is 0.224 e. The van der Waals surface area contributed by atoms with Crippen LogP contribution in [0.3, 0.4) is 0 Å². The van der Waals surface area contributed by atoms with E-state index in [9.17, 15) is 5.11 Å². The summed E-state index contributed by atoms with van der Waals surface area (Å²) in [5, 5.41) is 9.29. The van der Waals surface area contributed by atoms with E-state index in [4.69, 9.17) is 0 Å². The van der Waals surface area contributed by atoms with Crippen LogP contribution in [-0.4, -0.2) is 10.1 Å². The minimum absolute atomic E-state index is 0.104. The van der Waals surface area contributed by atoms with Crippen molar-refractivity contribution in [3.8, 4) is 5.88 Å². The highest BCUT2D eigenvalue weighted by Gasteiger charge is 2.01. The Balaban J connectivity index is 2.22. The molecule has 1 N–H and O–H groups in total. The van der Waals surface area contributed by atoms with Gasteiger partial charge in [-0.15, -0.1) is 0 Å². The molecule has 0 saturated carbocycles. The van der Waals surface area contributed by atoms with Crippen LogP contribution in [0, 0.1) is 3.57 Å². The first-order valence-electron chi connectivity index (χ1n) is 4.63. The summed E-state index contributed by atoms with van der Waals surface area (Å²) >= 11 is 2.08. The van der Waals surface area contributed by atoms with Crippen LogP contribution in [0.1, 0.15) is 11.1 Å². The Morgan fingerprint density at radius 2 is 1.87 bits per heavy atom. The summed E-state index contributed by atoms with van der Waals surface area (Å²) in [4.78, 5) is 3.92. The average molecular weight is 311 g/mol. The van der Waals surface area contributed by atoms with Crippen LogP contribution in [-0.2, 0) is 6.42 Å². The molecule has 0 fully saturated rings. The third-order valence-corrected chi connectivity index (χ3v) is 2.92. The molecule has 0 bridgehead atoms. The van der Waals surface area contributed by atoms with Crippen LogP contribution in [0.4, 0.5) is 0 Å². The van der Waals surface area contributed by atoms with Crippen molar-refractivity contribution in [3.05, 3.63) is 57.3 Å². The Hall–Kier alpha value is -1.10. The van der Waals surface area contributed by atoms with Gasteiger partial charge < -0.3 is 5.11 Å². The predicted octanol–water partition coefficient (Wildman–Crippen LogP) is 2.98. The summed E-state index contributed by atoms with van der Waals surface area (Å²) in [5.41, 5.74) is 2.36. The van der Waals surface area contributed by atoms with Gasteiger partial charge in [0.25, 0.3) is 0 Å². The highest BCUT2D eigenvalue weighted by Crippen LogP contribution is 2.18. The topological polar surface area (TPSA) is 33.1 Å². The number of benzene rings is 1. The molecule has 2 aromatic rings. The number of rotatable bonds is 2. The van der Waals surface area contributed by atoms with E-state index < -0.39 is 0 Å². The van der Waals surface area contributed by atoms with Crippen LogP contribution < -0.4 is 0 Å². The van der Waals surface area contributed by atoms with Crippen LogP contribution in [0.15, 0.2) is 42.6 Å². The monoisotopic (exact) mass is 311 g/mol. The lowest BCUT2D eigenvalue weighted by Gasteiger charge is -2.02. The van der Waals surface area contributed by atoms with Crippen LogP contribution in [0.25, 0.3) is 0 Å². The maximum atomic E-state index is 9.29. The molecule has 0 atom stereocenters. The number of aromatic hydroxyl groups is 1. The van der Waals surface area contributed by atoms with Crippen molar-refractivity contribution in [3.63, 3.8) is 0 Å². The standard InChI is InChI=1S/C12H10INO/c13-11-7-10(8-14-12(11)15)6-9-4-2-1-3-5-9/h1-5,7-8H,6H2,(H,14,15). The maximum absolute atomic E-state index is 9.29. The van der Waals surface area contributed by atoms with Gasteiger partial charge in [0.1, 0.15) is 0 Å². The van der Waals surface area contributed by atoms with Crippen molar-refractivity contribution in [2.75, 3.05) is 0 Å². The second-order valence-electron chi connectivity index (χ2n) is 3.31. The minimum atomic E-state index is 0.104. The van der Waals surface area contributed by atoms with Gasteiger partial charge in [-0.2, -0.15) is 0 Å². The molecule has 0 unspecified atom stereocenters. The quantitative estimate of drug-likeness (QED) is 0.865. The first-order valence-corrected chi connectivity index (χ1v) is 5.71. The highest BCUT2D eigenvalue weighted by molar-refractivity contribution is 14.1. The molecule has 0 aliphatic carbocycles. The third-order valence-electron chi connectivity index (χ3n) is 2.13. The van der Waals surface area contributed by atoms with Crippen LogP contribution >= 0.6 is 22.6 Å². The van der Waals surface area contributed by atoms with Crippen LogP contribution in [0.2, 0.25) is 0 Å². The first-order chi connectivity index (χ1) is 7.25. The van der Waals surface area contributed by atoms with E-state index in [0.29, 0.717) is 0 Å². The van der Waals surface area contributed by atoms with Crippen molar-refractivity contribution in [2.45, 2.75) is 6.42 Å². The lowest BCUT2D eigenvalue weighted by molar-refractivity contribution is 0.449. The number of hydrogen-bond acceptors (Lipinski definition) is 2. The van der Waals surface area contributed by atoms with Crippen molar-refractivity contribution >= 4 is 22.6 Å². The fourth-order valence-electron chi connectivity index (χ4n) is 1.40. The second kappa shape index (κ2) is 4.61. The molecule has 0 amide bonds. The zero-order valence-electron chi connectivity index (χ0n) is 8.02. The van der Waals surface area contributed by atoms with Gasteiger partial charge in [-0.25, -0.2) is 4.98 Å². The zero-order chi connectivity index (χ0) is 10.7. The SMILES string of the molecule is Oc1ncc(Cc2ccccc2)cc1I. The van der Waals surface area contributed by atoms with E-state index in [1.165, 1.54) is 5.56 Å². The Kier molecular flexibility index (Phi) is 3.20. The van der Waals surface area contributed by atoms with E-state index in [-0.39, 0.29) is 5.88 Å². The molecule has 1 aromatic heterocycles. The molecule has 2 rings (SSSR count). The molecule has 0 spiro atoms. The van der Waals surface area contributed by atoms with E-state index in [1.807, 2.05) is 24.3 Å². The minimum Gasteiger partial charge on any atom is -0.493 e. The Bertz CT molecular complexity index is 456. The summed E-state index contributed by atoms with van der Waals surface area (Å²) in [6, 6.07) is 12.2. The van der Waals surface area contributed by atoms with Gasteiger partial charge in [0.05, 0.1) is 3.57 Å². The Morgan fingerprint density at radius 1 is 1.13 bits per heavy atom. The molecular formula is C12H10INO. The van der Waals surface area contributed by atoms with Gasteiger partial charge in [-0.05, 0) is 46.2 Å². The molecule has 0 aliphatic rings. The molecule has 1 heterocycles. The second-order valence-corrected chi connectivity index (χ2v) is 4.47. The number of halogens is 1. The summed E-state index contributed by atoms with van der Waals surface area (Å²) in [5.74, 6) is 0.104. The van der Waals surface area contributed by atoms with Gasteiger partial charge in [0, 0.05) is 6.20 Å². The van der Waals surface area contributed by atoms with Gasteiger partial charge in [-0.3, -0.25) is 0 Å². The zero-order valence-corrected chi connectivity index (χ0v) is 10.2. The highest BCUT2D eigenvalue weighted by atomic mass is 127. The largest absolute Gasteiger partial charge is 0.493 e. The van der Waals surface area contributed by atoms with Crippen molar-refractivity contribution < 1.29 is 5.11 Å². The Morgan fingerprint density at radius 3 is 2.53 bits per heavy atom. The lowest BCUT2D eigenvalue weighted by atomic mass is 10.1. The van der Waals surface area contributed by atoms with Crippen molar-refractivity contribution in [2.24, 2.45) is 0 Å². The van der Waals surface area contributed by atoms with Gasteiger partial charge in [-0.1, -0.05) is 30.3 Å². The maximum Gasteiger partial charge on any atom is 0.224 e. The summed E-state index contributed by atoms with van der Waals surface area (Å²) in [6.45, 7) is 0. The van der Waals surface area contributed by atoms with Crippen molar-refractivity contribution in [1.29, 1.82) is 0 Å². The Labute approximate surface area is 102 Å². The number of nitrogens with zero attached hydrogens (tertiary/aromatic N) is 1. The molecule has 76 valence electrons. The molecule has 2 nitrogen and oxygen atoms in total. The van der Waals surface area contributed by atoms with Gasteiger partial charge in [0.15, 0.2) is 0 Å². The summed E-state index contributed by atoms with van der Waals surface area (Å²) < 4.78 is 0.793. The molecular weight excluding hydrogens is 301 g/mol. The third kappa shape index (κ3) is 2.68. The van der Waals surface area contributed by atoms with E-state index in [0.717, 1.165) is 15.6 Å². The van der Waals surface area contributed by atoms with E-state index in [1.54, 1.807) is 6.20 Å². The predicted molar refractivity (Wildman–Crippen MR) is 67.9 cm³/mol. The molecule has 1 aromatic carbocycles. The van der Waals surface area contributed by atoms with E-state index >= 15 is 0 Å². The molecule has 0 aliphatic heterocycles. The van der Waals surface area contributed by atoms with Gasteiger partial charge in [0.2, 0.25) is 5.88 Å². The van der Waals surface area contributed by atoms with E-state index in [2.05, 4.69) is 39.7 Å². The fourth-order valence-corrected chi connectivity index (χ4v) is 1.94. The normalized spacial score (nSPS) is 10.2. The van der Waals surface area contributed by atoms with Gasteiger partial charge >= 0.3 is 0 Å². The molecule has 15 heavy (non-hydrogen) atoms. The lowest BCUT2D eigenvalue weighted by Crippen LogP contribution is -1.90. The number of hydrogen-bond donors (Lipinski definition) is 1. The van der Waals surface area contributed by atoms with Crippen molar-refractivity contribution in [1.82, 2.24) is 4.98 Å². The van der Waals surface area contributed by atoms with Crippen LogP contribution in [0.5, 0.6) is 5.88 Å². The molecule has 0 saturated heterocycles. The average Bonchev–Trinajstić information content (AvgIpc) is 2.25.